The Morgan fingerprint density at radius 3 is 2.84 bits per heavy atom. The predicted molar refractivity (Wildman–Crippen MR) is 75.3 cm³/mol. The number of nitrogens with zero attached hydrogens (tertiary/aromatic N) is 1. The molecule has 0 aromatic heterocycles. The van der Waals surface area contributed by atoms with Gasteiger partial charge in [0.15, 0.2) is 0 Å². The average molecular weight is 261 g/mol. The number of halogens is 1. The number of rotatable bonds is 3. The van der Waals surface area contributed by atoms with Crippen LogP contribution in [-0.4, -0.2) is 24.9 Å². The topological polar surface area (TPSA) is 20.3 Å². The third kappa shape index (κ3) is 2.86. The van der Waals surface area contributed by atoms with Crippen molar-refractivity contribution in [2.45, 2.75) is 32.1 Å². The number of hydrogen-bond acceptors (Lipinski definition) is 1. The zero-order valence-electron chi connectivity index (χ0n) is 11.7. The Morgan fingerprint density at radius 2 is 2.21 bits per heavy atom. The molecule has 1 amide bonds. The largest absolute Gasteiger partial charge is 0.345 e. The second kappa shape index (κ2) is 5.55. The summed E-state index contributed by atoms with van der Waals surface area (Å²) < 4.78 is 13.4. The molecule has 2 rings (SSSR count). The van der Waals surface area contributed by atoms with Crippen molar-refractivity contribution in [3.8, 4) is 0 Å². The maximum Gasteiger partial charge on any atom is 0.246 e. The summed E-state index contributed by atoms with van der Waals surface area (Å²) in [5.41, 5.74) is 3.06. The maximum absolute atomic E-state index is 13.4. The summed E-state index contributed by atoms with van der Waals surface area (Å²) in [5.74, 6) is 0.142. The second-order valence-electron chi connectivity index (χ2n) is 5.32. The summed E-state index contributed by atoms with van der Waals surface area (Å²) in [4.78, 5) is 13.4. The van der Waals surface area contributed by atoms with Crippen LogP contribution in [0.4, 0.5) is 4.39 Å². The van der Waals surface area contributed by atoms with Gasteiger partial charge in [0.05, 0.1) is 0 Å². The van der Waals surface area contributed by atoms with E-state index >= 15 is 0 Å². The highest BCUT2D eigenvalue weighted by Crippen LogP contribution is 2.43. The first-order chi connectivity index (χ1) is 9.02. The van der Waals surface area contributed by atoms with E-state index in [1.165, 1.54) is 11.6 Å². The molecule has 1 aliphatic rings. The summed E-state index contributed by atoms with van der Waals surface area (Å²) in [6, 6.07) is 4.93. The quantitative estimate of drug-likeness (QED) is 0.761. The number of allylic oxidation sites excluding steroid dienone is 1. The fourth-order valence-electron chi connectivity index (χ4n) is 2.67. The fraction of sp³-hybridized carbons (Fsp3) is 0.438. The molecule has 0 saturated heterocycles. The number of likely N-dealkylation sites (N-methyl/N-ethyl adjacent to an activating group) is 1. The van der Waals surface area contributed by atoms with Crippen molar-refractivity contribution in [1.29, 1.82) is 0 Å². The highest BCUT2D eigenvalue weighted by atomic mass is 19.1. The van der Waals surface area contributed by atoms with Gasteiger partial charge in [0.1, 0.15) is 5.82 Å². The van der Waals surface area contributed by atoms with E-state index in [4.69, 9.17) is 0 Å². The maximum atomic E-state index is 13.4. The minimum Gasteiger partial charge on any atom is -0.345 e. The van der Waals surface area contributed by atoms with Crippen LogP contribution in [0.5, 0.6) is 0 Å². The van der Waals surface area contributed by atoms with Crippen LogP contribution in [0.15, 0.2) is 24.3 Å². The summed E-state index contributed by atoms with van der Waals surface area (Å²) in [5, 5.41) is 0. The van der Waals surface area contributed by atoms with Gasteiger partial charge in [-0.25, -0.2) is 4.39 Å². The molecule has 0 bridgehead atoms. The minimum absolute atomic E-state index is 0.0395. The van der Waals surface area contributed by atoms with E-state index in [1.807, 2.05) is 6.07 Å². The van der Waals surface area contributed by atoms with Crippen LogP contribution >= 0.6 is 0 Å². The van der Waals surface area contributed by atoms with Gasteiger partial charge in [-0.1, -0.05) is 19.4 Å². The van der Waals surface area contributed by atoms with Gasteiger partial charge in [0.25, 0.3) is 0 Å². The average Bonchev–Trinajstić information content (AvgIpc) is 2.67. The molecule has 0 aliphatic heterocycles. The zero-order chi connectivity index (χ0) is 14.0. The Hall–Kier alpha value is -1.64. The van der Waals surface area contributed by atoms with Crippen LogP contribution in [0.2, 0.25) is 0 Å². The lowest BCUT2D eigenvalue weighted by atomic mass is 9.97. The van der Waals surface area contributed by atoms with E-state index in [1.54, 1.807) is 31.1 Å². The molecule has 0 radical (unpaired) electrons. The first-order valence-corrected chi connectivity index (χ1v) is 6.74. The molecule has 102 valence electrons. The van der Waals surface area contributed by atoms with Crippen LogP contribution in [0.1, 0.15) is 43.2 Å². The smallest absolute Gasteiger partial charge is 0.246 e. The predicted octanol–water partition coefficient (Wildman–Crippen LogP) is 3.58. The molecular weight excluding hydrogens is 241 g/mol. The number of hydrogen-bond donors (Lipinski definition) is 0. The van der Waals surface area contributed by atoms with Crippen molar-refractivity contribution in [2.75, 3.05) is 14.1 Å². The van der Waals surface area contributed by atoms with E-state index in [0.29, 0.717) is 5.92 Å². The van der Waals surface area contributed by atoms with E-state index in [-0.39, 0.29) is 11.7 Å². The number of carbonyl (C=O) groups is 1. The molecule has 1 aromatic rings. The Morgan fingerprint density at radius 1 is 1.47 bits per heavy atom. The lowest BCUT2D eigenvalue weighted by molar-refractivity contribution is -0.123. The standard InChI is InChI=1S/C16H20FNO/c1-4-5-11-8-12(9-16(19)18(2)3)15-10-13(17)6-7-14(11)15/h6-7,9-11H,4-5,8H2,1-3H3/b12-9+. The van der Waals surface area contributed by atoms with Gasteiger partial charge in [0, 0.05) is 20.2 Å². The van der Waals surface area contributed by atoms with Crippen molar-refractivity contribution < 1.29 is 9.18 Å². The first kappa shape index (κ1) is 13.8. The highest BCUT2D eigenvalue weighted by molar-refractivity contribution is 5.96. The van der Waals surface area contributed by atoms with Gasteiger partial charge in [-0.05, 0) is 47.6 Å². The molecule has 1 aromatic carbocycles. The van der Waals surface area contributed by atoms with E-state index in [0.717, 1.165) is 30.4 Å². The first-order valence-electron chi connectivity index (χ1n) is 6.74. The van der Waals surface area contributed by atoms with E-state index in [2.05, 4.69) is 6.92 Å². The minimum atomic E-state index is -0.237. The Kier molecular flexibility index (Phi) is 4.03. The van der Waals surface area contributed by atoms with Gasteiger partial charge in [-0.3, -0.25) is 4.79 Å². The molecule has 0 fully saturated rings. The van der Waals surface area contributed by atoms with Gasteiger partial charge in [-0.2, -0.15) is 0 Å². The van der Waals surface area contributed by atoms with Gasteiger partial charge in [-0.15, -0.1) is 0 Å². The second-order valence-corrected chi connectivity index (χ2v) is 5.32. The molecule has 1 atom stereocenters. The number of carbonyl (C=O) groups excluding carboxylic acids is 1. The van der Waals surface area contributed by atoms with Crippen molar-refractivity contribution in [3.63, 3.8) is 0 Å². The molecule has 2 nitrogen and oxygen atoms in total. The van der Waals surface area contributed by atoms with Crippen molar-refractivity contribution in [2.24, 2.45) is 0 Å². The summed E-state index contributed by atoms with van der Waals surface area (Å²) in [6.45, 7) is 2.15. The van der Waals surface area contributed by atoms with E-state index < -0.39 is 0 Å². The molecule has 3 heteroatoms. The number of fused-ring (bicyclic) bond motifs is 1. The van der Waals surface area contributed by atoms with Gasteiger partial charge < -0.3 is 4.90 Å². The van der Waals surface area contributed by atoms with E-state index in [9.17, 15) is 9.18 Å². The van der Waals surface area contributed by atoms with Crippen LogP contribution in [0, 0.1) is 5.82 Å². The fourth-order valence-corrected chi connectivity index (χ4v) is 2.67. The van der Waals surface area contributed by atoms with Crippen LogP contribution in [0.3, 0.4) is 0 Å². The lowest BCUT2D eigenvalue weighted by Gasteiger charge is -2.08. The summed E-state index contributed by atoms with van der Waals surface area (Å²) in [7, 11) is 3.45. The molecule has 0 spiro atoms. The lowest BCUT2D eigenvalue weighted by Crippen LogP contribution is -2.19. The Balaban J connectivity index is 2.39. The third-order valence-electron chi connectivity index (χ3n) is 3.64. The van der Waals surface area contributed by atoms with Gasteiger partial charge >= 0.3 is 0 Å². The molecule has 0 saturated carbocycles. The van der Waals surface area contributed by atoms with Crippen molar-refractivity contribution in [1.82, 2.24) is 4.90 Å². The Labute approximate surface area is 113 Å². The number of amides is 1. The van der Waals surface area contributed by atoms with Crippen LogP contribution in [-0.2, 0) is 4.79 Å². The summed E-state index contributed by atoms with van der Waals surface area (Å²) in [6.07, 6.45) is 4.66. The Bertz CT molecular complexity index is 519. The molecule has 1 unspecified atom stereocenters. The monoisotopic (exact) mass is 261 g/mol. The normalized spacial score (nSPS) is 19.6. The SMILES string of the molecule is CCCC1C/C(=C\C(=O)N(C)C)c2cc(F)ccc21. The third-order valence-corrected chi connectivity index (χ3v) is 3.64. The van der Waals surface area contributed by atoms with Crippen molar-refractivity contribution >= 4 is 11.5 Å². The highest BCUT2D eigenvalue weighted by Gasteiger charge is 2.26. The van der Waals surface area contributed by atoms with Crippen LogP contribution in [0.25, 0.3) is 5.57 Å². The number of benzene rings is 1. The van der Waals surface area contributed by atoms with Crippen LogP contribution < -0.4 is 0 Å². The molecule has 19 heavy (non-hydrogen) atoms. The molecule has 0 N–H and O–H groups in total. The zero-order valence-corrected chi connectivity index (χ0v) is 11.7. The molecule has 1 aliphatic carbocycles. The molecule has 0 heterocycles. The van der Waals surface area contributed by atoms with Crippen molar-refractivity contribution in [3.05, 3.63) is 41.2 Å². The summed E-state index contributed by atoms with van der Waals surface area (Å²) >= 11 is 0. The van der Waals surface area contributed by atoms with Gasteiger partial charge in [0.2, 0.25) is 5.91 Å². The molecular formula is C16H20FNO.